The summed E-state index contributed by atoms with van der Waals surface area (Å²) >= 11 is 0. The Hall–Kier alpha value is -0.860. The zero-order chi connectivity index (χ0) is 11.9. The number of nitrogens with zero attached hydrogens (tertiary/aromatic N) is 3. The molecule has 0 aliphatic heterocycles. The summed E-state index contributed by atoms with van der Waals surface area (Å²) in [6, 6.07) is 0. The van der Waals surface area contributed by atoms with Gasteiger partial charge in [0.1, 0.15) is 0 Å². The summed E-state index contributed by atoms with van der Waals surface area (Å²) < 4.78 is 1.94. The van der Waals surface area contributed by atoms with E-state index in [9.17, 15) is 0 Å². The first-order valence-electron chi connectivity index (χ1n) is 5.90. The van der Waals surface area contributed by atoms with Gasteiger partial charge < -0.3 is 0 Å². The Morgan fingerprint density at radius 3 is 2.33 bits per heavy atom. The van der Waals surface area contributed by atoms with Gasteiger partial charge in [0.2, 0.25) is 0 Å². The molecule has 0 saturated carbocycles. The highest BCUT2D eigenvalue weighted by atomic mass is 15.4. The lowest BCUT2D eigenvalue weighted by Gasteiger charge is -2.16. The van der Waals surface area contributed by atoms with Crippen molar-refractivity contribution in [1.82, 2.24) is 15.0 Å². The number of hydrogen-bond acceptors (Lipinski definition) is 2. The van der Waals surface area contributed by atoms with Gasteiger partial charge in [0.15, 0.2) is 0 Å². The zero-order valence-electron chi connectivity index (χ0n) is 11.0. The van der Waals surface area contributed by atoms with E-state index in [-0.39, 0.29) is 5.41 Å². The van der Waals surface area contributed by atoms with Crippen molar-refractivity contribution in [1.29, 1.82) is 0 Å². The summed E-state index contributed by atoms with van der Waals surface area (Å²) in [5, 5.41) is 8.19. The van der Waals surface area contributed by atoms with E-state index in [1.165, 1.54) is 0 Å². The summed E-state index contributed by atoms with van der Waals surface area (Å²) in [6.45, 7) is 13.7. The van der Waals surface area contributed by atoms with Gasteiger partial charge in [-0.15, -0.1) is 5.10 Å². The van der Waals surface area contributed by atoms with Crippen LogP contribution >= 0.6 is 0 Å². The van der Waals surface area contributed by atoms with Gasteiger partial charge in [-0.2, -0.15) is 0 Å². The minimum atomic E-state index is 0.275. The van der Waals surface area contributed by atoms with Gasteiger partial charge in [0.05, 0.1) is 5.69 Å². The van der Waals surface area contributed by atoms with Crippen LogP contribution in [0.2, 0.25) is 0 Å². The van der Waals surface area contributed by atoms with Crippen LogP contribution in [-0.2, 0) is 13.0 Å². The largest absolute Gasteiger partial charge is 0.252 e. The van der Waals surface area contributed by atoms with Gasteiger partial charge in [0, 0.05) is 12.7 Å². The molecule has 3 heteroatoms. The Balaban J connectivity index is 0.000000921. The standard InChI is InChI=1S/C10H19N3.C2H6/c1-5-6-9-7-13(12-11-9)8-10(2,3)4;1-2/h7H,5-6,8H2,1-4H3;1-2H3. The smallest absolute Gasteiger partial charge is 0.0827 e. The second-order valence-electron chi connectivity index (χ2n) is 4.72. The monoisotopic (exact) mass is 211 g/mol. The molecule has 0 aliphatic carbocycles. The molecule has 0 bridgehead atoms. The minimum Gasteiger partial charge on any atom is -0.252 e. The van der Waals surface area contributed by atoms with E-state index >= 15 is 0 Å². The van der Waals surface area contributed by atoms with E-state index in [0.717, 1.165) is 25.1 Å². The SMILES string of the molecule is CC.CCCc1cn(CC(C)(C)C)nn1. The summed E-state index contributed by atoms with van der Waals surface area (Å²) in [7, 11) is 0. The van der Waals surface area contributed by atoms with Crippen molar-refractivity contribution in [2.45, 2.75) is 60.9 Å². The van der Waals surface area contributed by atoms with Crippen molar-refractivity contribution in [2.24, 2.45) is 5.41 Å². The maximum atomic E-state index is 4.10. The van der Waals surface area contributed by atoms with Crippen LogP contribution in [0.1, 0.15) is 53.7 Å². The van der Waals surface area contributed by atoms with Crippen molar-refractivity contribution in [3.05, 3.63) is 11.9 Å². The number of rotatable bonds is 3. The Morgan fingerprint density at radius 2 is 1.87 bits per heavy atom. The Labute approximate surface area is 93.9 Å². The van der Waals surface area contributed by atoms with Crippen molar-refractivity contribution in [3.63, 3.8) is 0 Å². The van der Waals surface area contributed by atoms with Crippen LogP contribution in [0.5, 0.6) is 0 Å². The molecular formula is C12H25N3. The fourth-order valence-corrected chi connectivity index (χ4v) is 1.27. The third-order valence-corrected chi connectivity index (χ3v) is 1.73. The summed E-state index contributed by atoms with van der Waals surface area (Å²) in [6.07, 6.45) is 4.22. The van der Waals surface area contributed by atoms with E-state index in [0.29, 0.717) is 0 Å². The highest BCUT2D eigenvalue weighted by Gasteiger charge is 2.12. The van der Waals surface area contributed by atoms with Crippen molar-refractivity contribution < 1.29 is 0 Å². The van der Waals surface area contributed by atoms with Gasteiger partial charge >= 0.3 is 0 Å². The van der Waals surface area contributed by atoms with Crippen LogP contribution < -0.4 is 0 Å². The lowest BCUT2D eigenvalue weighted by atomic mass is 9.97. The van der Waals surface area contributed by atoms with Gasteiger partial charge in [-0.25, -0.2) is 0 Å². The molecule has 0 atom stereocenters. The summed E-state index contributed by atoms with van der Waals surface area (Å²) in [5.74, 6) is 0. The van der Waals surface area contributed by atoms with Crippen molar-refractivity contribution in [3.8, 4) is 0 Å². The van der Waals surface area contributed by atoms with Crippen LogP contribution in [0.25, 0.3) is 0 Å². The van der Waals surface area contributed by atoms with E-state index in [1.54, 1.807) is 0 Å². The molecule has 3 nitrogen and oxygen atoms in total. The lowest BCUT2D eigenvalue weighted by molar-refractivity contribution is 0.321. The van der Waals surface area contributed by atoms with Gasteiger partial charge in [-0.05, 0) is 11.8 Å². The minimum absolute atomic E-state index is 0.275. The van der Waals surface area contributed by atoms with Crippen LogP contribution in [-0.4, -0.2) is 15.0 Å². The first-order valence-corrected chi connectivity index (χ1v) is 5.90. The topological polar surface area (TPSA) is 30.7 Å². The van der Waals surface area contributed by atoms with Crippen LogP contribution in [0.4, 0.5) is 0 Å². The molecule has 0 unspecified atom stereocenters. The van der Waals surface area contributed by atoms with E-state index in [2.05, 4.69) is 44.2 Å². The van der Waals surface area contributed by atoms with Crippen LogP contribution in [0, 0.1) is 5.41 Å². The van der Waals surface area contributed by atoms with Crippen LogP contribution in [0.3, 0.4) is 0 Å². The lowest BCUT2D eigenvalue weighted by Crippen LogP contribution is -2.15. The molecule has 1 aromatic heterocycles. The molecule has 0 aliphatic rings. The van der Waals surface area contributed by atoms with E-state index in [4.69, 9.17) is 0 Å². The molecule has 0 radical (unpaired) electrons. The average molecular weight is 211 g/mol. The highest BCUT2D eigenvalue weighted by Crippen LogP contribution is 2.15. The fourth-order valence-electron chi connectivity index (χ4n) is 1.27. The maximum absolute atomic E-state index is 4.10. The zero-order valence-corrected chi connectivity index (χ0v) is 11.0. The van der Waals surface area contributed by atoms with Crippen molar-refractivity contribution in [2.75, 3.05) is 0 Å². The second-order valence-corrected chi connectivity index (χ2v) is 4.72. The van der Waals surface area contributed by atoms with Gasteiger partial charge in [-0.1, -0.05) is 53.2 Å². The first-order chi connectivity index (χ1) is 7.01. The highest BCUT2D eigenvalue weighted by molar-refractivity contribution is 4.92. The quantitative estimate of drug-likeness (QED) is 0.768. The summed E-state index contributed by atoms with van der Waals surface area (Å²) in [4.78, 5) is 0. The number of aryl methyl sites for hydroxylation is 1. The molecule has 15 heavy (non-hydrogen) atoms. The molecular weight excluding hydrogens is 186 g/mol. The Bertz CT molecular complexity index is 258. The third kappa shape index (κ3) is 6.26. The normalized spacial score (nSPS) is 10.8. The van der Waals surface area contributed by atoms with E-state index < -0.39 is 0 Å². The molecule has 0 fully saturated rings. The Morgan fingerprint density at radius 1 is 1.27 bits per heavy atom. The number of aromatic nitrogens is 3. The van der Waals surface area contributed by atoms with Gasteiger partial charge in [0.25, 0.3) is 0 Å². The first kappa shape index (κ1) is 14.1. The predicted molar refractivity (Wildman–Crippen MR) is 64.8 cm³/mol. The molecule has 88 valence electrons. The summed E-state index contributed by atoms with van der Waals surface area (Å²) in [5.41, 5.74) is 1.38. The molecule has 0 amide bonds. The molecule has 1 rings (SSSR count). The second kappa shape index (κ2) is 6.59. The molecule has 0 aromatic carbocycles. The molecule has 0 N–H and O–H groups in total. The molecule has 0 saturated heterocycles. The van der Waals surface area contributed by atoms with Crippen molar-refractivity contribution >= 4 is 0 Å². The Kier molecular flexibility index (Phi) is 6.21. The molecule has 1 heterocycles. The predicted octanol–water partition coefficient (Wildman–Crippen LogP) is 3.30. The number of hydrogen-bond donors (Lipinski definition) is 0. The molecule has 1 aromatic rings. The fraction of sp³-hybridized carbons (Fsp3) is 0.833. The van der Waals surface area contributed by atoms with Crippen LogP contribution in [0.15, 0.2) is 6.20 Å². The molecule has 0 spiro atoms. The maximum Gasteiger partial charge on any atom is 0.0827 e. The van der Waals surface area contributed by atoms with E-state index in [1.807, 2.05) is 18.5 Å². The third-order valence-electron chi connectivity index (χ3n) is 1.73. The average Bonchev–Trinajstić information content (AvgIpc) is 2.54. The van der Waals surface area contributed by atoms with Gasteiger partial charge in [-0.3, -0.25) is 4.68 Å².